The molecule has 3 rings (SSSR count). The van der Waals surface area contributed by atoms with Crippen LogP contribution in [-0.4, -0.2) is 31.2 Å². The summed E-state index contributed by atoms with van der Waals surface area (Å²) in [4.78, 5) is 7.10. The summed E-state index contributed by atoms with van der Waals surface area (Å²) in [7, 11) is 0. The fourth-order valence-electron chi connectivity index (χ4n) is 2.43. The first-order chi connectivity index (χ1) is 8.34. The van der Waals surface area contributed by atoms with E-state index in [1.54, 1.807) is 0 Å². The van der Waals surface area contributed by atoms with Crippen LogP contribution in [0.5, 0.6) is 0 Å². The molecule has 0 amide bonds. The van der Waals surface area contributed by atoms with Crippen molar-refractivity contribution in [3.05, 3.63) is 36.0 Å². The Morgan fingerprint density at radius 2 is 1.89 bits per heavy atom. The number of benzene rings is 1. The van der Waals surface area contributed by atoms with Gasteiger partial charge in [0.2, 0.25) is 0 Å². The molecule has 3 nitrogen and oxygen atoms in total. The van der Waals surface area contributed by atoms with Crippen molar-refractivity contribution in [1.29, 1.82) is 0 Å². The van der Waals surface area contributed by atoms with Crippen molar-refractivity contribution in [2.24, 2.45) is 0 Å². The number of hydrogen-bond donors (Lipinski definition) is 1. The standard InChI is InChI=1S/C14H17N3.ClH/c1-11-10-12-4-2-3-5-13(12)14(16-11)17-8-6-15-7-9-17;/h2-5,10,15H,6-9H2,1H3;1H. The van der Waals surface area contributed by atoms with Gasteiger partial charge in [0.05, 0.1) is 0 Å². The van der Waals surface area contributed by atoms with E-state index in [4.69, 9.17) is 4.98 Å². The molecule has 0 aliphatic carbocycles. The number of hydrogen-bond acceptors (Lipinski definition) is 3. The third-order valence-corrected chi connectivity index (χ3v) is 3.26. The second kappa shape index (κ2) is 5.55. The highest BCUT2D eigenvalue weighted by atomic mass is 35.5. The first kappa shape index (κ1) is 13.1. The number of anilines is 1. The summed E-state index contributed by atoms with van der Waals surface area (Å²) in [6.45, 7) is 6.24. The fourth-order valence-corrected chi connectivity index (χ4v) is 2.43. The summed E-state index contributed by atoms with van der Waals surface area (Å²) in [6, 6.07) is 10.7. The Kier molecular flexibility index (Phi) is 4.04. The first-order valence-electron chi connectivity index (χ1n) is 6.17. The van der Waals surface area contributed by atoms with Crippen LogP contribution in [-0.2, 0) is 0 Å². The summed E-state index contributed by atoms with van der Waals surface area (Å²) in [6.07, 6.45) is 0. The molecule has 0 radical (unpaired) electrons. The first-order valence-corrected chi connectivity index (χ1v) is 6.17. The van der Waals surface area contributed by atoms with Crippen LogP contribution < -0.4 is 10.2 Å². The van der Waals surface area contributed by atoms with Gasteiger partial charge in [0.1, 0.15) is 5.82 Å². The van der Waals surface area contributed by atoms with Crippen LogP contribution >= 0.6 is 12.4 Å². The molecule has 2 heterocycles. The number of aryl methyl sites for hydroxylation is 1. The second-order valence-electron chi connectivity index (χ2n) is 4.55. The van der Waals surface area contributed by atoms with Gasteiger partial charge >= 0.3 is 0 Å². The lowest BCUT2D eigenvalue weighted by Gasteiger charge is -2.29. The van der Waals surface area contributed by atoms with Gasteiger partial charge in [0, 0.05) is 37.3 Å². The van der Waals surface area contributed by atoms with Crippen molar-refractivity contribution in [3.8, 4) is 0 Å². The molecule has 1 aromatic heterocycles. The third-order valence-electron chi connectivity index (χ3n) is 3.26. The van der Waals surface area contributed by atoms with Crippen molar-refractivity contribution in [1.82, 2.24) is 10.3 Å². The maximum Gasteiger partial charge on any atom is 0.136 e. The van der Waals surface area contributed by atoms with E-state index in [-0.39, 0.29) is 12.4 Å². The number of pyridine rings is 1. The maximum absolute atomic E-state index is 4.72. The smallest absolute Gasteiger partial charge is 0.136 e. The molecule has 1 fully saturated rings. The Morgan fingerprint density at radius 3 is 2.67 bits per heavy atom. The lowest BCUT2D eigenvalue weighted by Crippen LogP contribution is -2.44. The van der Waals surface area contributed by atoms with E-state index in [1.165, 1.54) is 10.8 Å². The fraction of sp³-hybridized carbons (Fsp3) is 0.357. The molecule has 1 saturated heterocycles. The molecule has 2 aromatic rings. The number of halogens is 1. The Hall–Kier alpha value is -1.32. The zero-order valence-corrected chi connectivity index (χ0v) is 11.3. The van der Waals surface area contributed by atoms with Crippen LogP contribution in [0, 0.1) is 6.92 Å². The molecule has 1 aliphatic rings. The highest BCUT2D eigenvalue weighted by Crippen LogP contribution is 2.25. The van der Waals surface area contributed by atoms with E-state index in [2.05, 4.69) is 47.5 Å². The molecule has 18 heavy (non-hydrogen) atoms. The van der Waals surface area contributed by atoms with E-state index < -0.39 is 0 Å². The van der Waals surface area contributed by atoms with E-state index in [1.807, 2.05) is 0 Å². The Morgan fingerprint density at radius 1 is 1.17 bits per heavy atom. The molecular weight excluding hydrogens is 246 g/mol. The lowest BCUT2D eigenvalue weighted by atomic mass is 10.1. The second-order valence-corrected chi connectivity index (χ2v) is 4.55. The number of fused-ring (bicyclic) bond motifs is 1. The van der Waals surface area contributed by atoms with Gasteiger partial charge in [0.15, 0.2) is 0 Å². The molecule has 96 valence electrons. The molecule has 1 N–H and O–H groups in total. The number of nitrogens with zero attached hydrogens (tertiary/aromatic N) is 2. The van der Waals surface area contributed by atoms with Crippen LogP contribution in [0.2, 0.25) is 0 Å². The predicted molar refractivity (Wildman–Crippen MR) is 78.8 cm³/mol. The summed E-state index contributed by atoms with van der Waals surface area (Å²) in [5.41, 5.74) is 1.09. The normalized spacial score (nSPS) is 15.5. The van der Waals surface area contributed by atoms with Crippen molar-refractivity contribution in [2.45, 2.75) is 6.92 Å². The van der Waals surface area contributed by atoms with Gasteiger partial charge in [-0.05, 0) is 18.4 Å². The van der Waals surface area contributed by atoms with Gasteiger partial charge < -0.3 is 10.2 Å². The van der Waals surface area contributed by atoms with Gasteiger partial charge in [-0.1, -0.05) is 24.3 Å². The van der Waals surface area contributed by atoms with E-state index in [0.29, 0.717) is 0 Å². The van der Waals surface area contributed by atoms with Crippen LogP contribution in [0.3, 0.4) is 0 Å². The summed E-state index contributed by atoms with van der Waals surface area (Å²) in [5.74, 6) is 1.14. The largest absolute Gasteiger partial charge is 0.354 e. The number of rotatable bonds is 1. The maximum atomic E-state index is 4.72. The Balaban J connectivity index is 0.00000120. The summed E-state index contributed by atoms with van der Waals surface area (Å²) >= 11 is 0. The molecule has 1 aromatic carbocycles. The molecule has 0 spiro atoms. The molecule has 0 unspecified atom stereocenters. The molecule has 0 atom stereocenters. The van der Waals surface area contributed by atoms with Crippen molar-refractivity contribution in [2.75, 3.05) is 31.1 Å². The lowest BCUT2D eigenvalue weighted by molar-refractivity contribution is 0.586. The van der Waals surface area contributed by atoms with Crippen LogP contribution in [0.25, 0.3) is 10.8 Å². The number of aromatic nitrogens is 1. The molecule has 0 saturated carbocycles. The minimum atomic E-state index is 0. The minimum absolute atomic E-state index is 0. The van der Waals surface area contributed by atoms with E-state index in [0.717, 1.165) is 37.7 Å². The minimum Gasteiger partial charge on any atom is -0.354 e. The van der Waals surface area contributed by atoms with Gasteiger partial charge in [-0.15, -0.1) is 12.4 Å². The predicted octanol–water partition coefficient (Wildman–Crippen LogP) is 2.37. The van der Waals surface area contributed by atoms with Crippen LogP contribution in [0.1, 0.15) is 5.69 Å². The van der Waals surface area contributed by atoms with Gasteiger partial charge in [-0.3, -0.25) is 0 Å². The van der Waals surface area contributed by atoms with Crippen LogP contribution in [0.15, 0.2) is 30.3 Å². The Labute approximate surface area is 114 Å². The average Bonchev–Trinajstić information content (AvgIpc) is 2.39. The quantitative estimate of drug-likeness (QED) is 0.856. The molecular formula is C14H18ClN3. The number of piperazine rings is 1. The Bertz CT molecular complexity index is 536. The number of nitrogens with one attached hydrogen (secondary N) is 1. The average molecular weight is 264 g/mol. The van der Waals surface area contributed by atoms with Gasteiger partial charge in [0.25, 0.3) is 0 Å². The highest BCUT2D eigenvalue weighted by Gasteiger charge is 2.14. The van der Waals surface area contributed by atoms with Crippen molar-refractivity contribution in [3.63, 3.8) is 0 Å². The van der Waals surface area contributed by atoms with Crippen molar-refractivity contribution >= 4 is 29.0 Å². The zero-order valence-electron chi connectivity index (χ0n) is 10.5. The molecule has 0 bridgehead atoms. The highest BCUT2D eigenvalue weighted by molar-refractivity contribution is 5.92. The third kappa shape index (κ3) is 2.42. The van der Waals surface area contributed by atoms with Crippen LogP contribution in [0.4, 0.5) is 5.82 Å². The zero-order chi connectivity index (χ0) is 11.7. The van der Waals surface area contributed by atoms with Gasteiger partial charge in [-0.2, -0.15) is 0 Å². The summed E-state index contributed by atoms with van der Waals surface area (Å²) in [5, 5.41) is 5.93. The van der Waals surface area contributed by atoms with Crippen molar-refractivity contribution < 1.29 is 0 Å². The topological polar surface area (TPSA) is 28.2 Å². The molecule has 4 heteroatoms. The van der Waals surface area contributed by atoms with Gasteiger partial charge in [-0.25, -0.2) is 4.98 Å². The SMILES string of the molecule is Cc1cc2ccccc2c(N2CCNCC2)n1.Cl. The van der Waals surface area contributed by atoms with E-state index >= 15 is 0 Å². The molecule has 1 aliphatic heterocycles. The monoisotopic (exact) mass is 263 g/mol. The summed E-state index contributed by atoms with van der Waals surface area (Å²) < 4.78 is 0. The van der Waals surface area contributed by atoms with E-state index in [9.17, 15) is 0 Å².